The van der Waals surface area contributed by atoms with E-state index in [4.69, 9.17) is 4.74 Å². The van der Waals surface area contributed by atoms with Gasteiger partial charge in [0.2, 0.25) is 0 Å². The lowest BCUT2D eigenvalue weighted by atomic mass is 10.2. The van der Waals surface area contributed by atoms with Gasteiger partial charge in [0, 0.05) is 25.2 Å². The topological polar surface area (TPSA) is 24.5 Å². The van der Waals surface area contributed by atoms with Crippen molar-refractivity contribution in [2.45, 2.75) is 32.9 Å². The van der Waals surface area contributed by atoms with Gasteiger partial charge >= 0.3 is 0 Å². The average Bonchev–Trinajstić information content (AvgIpc) is 2.15. The molecule has 0 bridgehead atoms. The predicted molar refractivity (Wildman–Crippen MR) is 55.0 cm³/mol. The second kappa shape index (κ2) is 5.58. The van der Waals surface area contributed by atoms with Crippen LogP contribution in [0.25, 0.3) is 0 Å². The summed E-state index contributed by atoms with van der Waals surface area (Å²) in [5, 5.41) is 3.38. The maximum Gasteiger partial charge on any atom is 0.0634 e. The molecule has 3 nitrogen and oxygen atoms in total. The van der Waals surface area contributed by atoms with Gasteiger partial charge in [-0.25, -0.2) is 0 Å². The van der Waals surface area contributed by atoms with E-state index in [-0.39, 0.29) is 0 Å². The Bertz CT molecular complexity index is 139. The first kappa shape index (κ1) is 11.0. The van der Waals surface area contributed by atoms with Crippen LogP contribution in [0.15, 0.2) is 0 Å². The highest BCUT2D eigenvalue weighted by Crippen LogP contribution is 2.09. The van der Waals surface area contributed by atoms with E-state index in [1.807, 2.05) is 0 Å². The van der Waals surface area contributed by atoms with Gasteiger partial charge in [-0.3, -0.25) is 4.90 Å². The number of hydrogen-bond acceptors (Lipinski definition) is 3. The van der Waals surface area contributed by atoms with Gasteiger partial charge < -0.3 is 10.1 Å². The zero-order valence-electron chi connectivity index (χ0n) is 9.05. The van der Waals surface area contributed by atoms with Crippen molar-refractivity contribution in [3.8, 4) is 0 Å². The third-order valence-electron chi connectivity index (χ3n) is 2.57. The van der Waals surface area contributed by atoms with E-state index < -0.39 is 0 Å². The van der Waals surface area contributed by atoms with Crippen LogP contribution in [0.2, 0.25) is 0 Å². The van der Waals surface area contributed by atoms with Crippen molar-refractivity contribution in [1.29, 1.82) is 0 Å². The van der Waals surface area contributed by atoms with E-state index in [1.54, 1.807) is 0 Å². The largest absolute Gasteiger partial charge is 0.378 e. The Labute approximate surface area is 81.4 Å². The zero-order valence-corrected chi connectivity index (χ0v) is 9.05. The van der Waals surface area contributed by atoms with Gasteiger partial charge in [-0.2, -0.15) is 0 Å². The molecular formula is C10H22N2O. The molecule has 1 saturated heterocycles. The molecule has 0 spiro atoms. The minimum Gasteiger partial charge on any atom is -0.378 e. The first-order valence-electron chi connectivity index (χ1n) is 5.30. The van der Waals surface area contributed by atoms with Crippen LogP contribution >= 0.6 is 0 Å². The molecule has 1 aliphatic rings. The molecule has 1 heterocycles. The number of rotatable bonds is 4. The Balaban J connectivity index is 2.37. The van der Waals surface area contributed by atoms with Crippen molar-refractivity contribution >= 4 is 0 Å². The minimum atomic E-state index is 0.564. The molecule has 0 saturated carbocycles. The minimum absolute atomic E-state index is 0.564. The molecule has 0 aromatic heterocycles. The summed E-state index contributed by atoms with van der Waals surface area (Å²) < 4.78 is 5.48. The Morgan fingerprint density at radius 3 is 2.92 bits per heavy atom. The van der Waals surface area contributed by atoms with Gasteiger partial charge in [0.15, 0.2) is 0 Å². The van der Waals surface area contributed by atoms with Crippen molar-refractivity contribution in [3.63, 3.8) is 0 Å². The van der Waals surface area contributed by atoms with Crippen LogP contribution < -0.4 is 5.32 Å². The maximum atomic E-state index is 5.48. The fourth-order valence-corrected chi connectivity index (χ4v) is 1.83. The van der Waals surface area contributed by atoms with Crippen LogP contribution in [0.5, 0.6) is 0 Å². The van der Waals surface area contributed by atoms with E-state index in [0.717, 1.165) is 32.8 Å². The lowest BCUT2D eigenvalue weighted by Gasteiger charge is -2.38. The zero-order chi connectivity index (χ0) is 9.68. The molecule has 78 valence electrons. The van der Waals surface area contributed by atoms with Crippen LogP contribution in [-0.4, -0.2) is 49.8 Å². The van der Waals surface area contributed by atoms with Crippen molar-refractivity contribution < 1.29 is 4.74 Å². The van der Waals surface area contributed by atoms with Gasteiger partial charge in [-0.1, -0.05) is 6.92 Å². The lowest BCUT2D eigenvalue weighted by Crippen LogP contribution is -2.53. The van der Waals surface area contributed by atoms with Crippen molar-refractivity contribution in [3.05, 3.63) is 0 Å². The van der Waals surface area contributed by atoms with E-state index >= 15 is 0 Å². The normalized spacial score (nSPS) is 25.4. The van der Waals surface area contributed by atoms with Crippen molar-refractivity contribution in [2.24, 2.45) is 0 Å². The Hall–Kier alpha value is -0.120. The van der Waals surface area contributed by atoms with E-state index in [9.17, 15) is 0 Å². The Morgan fingerprint density at radius 2 is 2.31 bits per heavy atom. The fraction of sp³-hybridized carbons (Fsp3) is 1.00. The van der Waals surface area contributed by atoms with Crippen LogP contribution in [0.4, 0.5) is 0 Å². The first-order valence-corrected chi connectivity index (χ1v) is 5.30. The molecule has 0 aliphatic carbocycles. The lowest BCUT2D eigenvalue weighted by molar-refractivity contribution is -0.0211. The molecular weight excluding hydrogens is 164 g/mol. The SMILES string of the molecule is CCNCC1COCCN1C(C)C. The molecule has 0 radical (unpaired) electrons. The summed E-state index contributed by atoms with van der Waals surface area (Å²) in [5.74, 6) is 0. The number of morpholine rings is 1. The molecule has 1 unspecified atom stereocenters. The third-order valence-corrected chi connectivity index (χ3v) is 2.57. The number of hydrogen-bond donors (Lipinski definition) is 1. The number of ether oxygens (including phenoxy) is 1. The Morgan fingerprint density at radius 1 is 1.54 bits per heavy atom. The fourth-order valence-electron chi connectivity index (χ4n) is 1.83. The molecule has 1 fully saturated rings. The third kappa shape index (κ3) is 3.25. The van der Waals surface area contributed by atoms with Gasteiger partial charge in [-0.15, -0.1) is 0 Å². The highest BCUT2D eigenvalue weighted by molar-refractivity contribution is 4.79. The van der Waals surface area contributed by atoms with Gasteiger partial charge in [-0.05, 0) is 20.4 Å². The molecule has 1 aliphatic heterocycles. The molecule has 1 atom stereocenters. The summed E-state index contributed by atoms with van der Waals surface area (Å²) in [4.78, 5) is 2.52. The highest BCUT2D eigenvalue weighted by Gasteiger charge is 2.24. The molecule has 3 heteroatoms. The van der Waals surface area contributed by atoms with Gasteiger partial charge in [0.05, 0.1) is 13.2 Å². The summed E-state index contributed by atoms with van der Waals surface area (Å²) in [6, 6.07) is 1.20. The summed E-state index contributed by atoms with van der Waals surface area (Å²) in [7, 11) is 0. The quantitative estimate of drug-likeness (QED) is 0.699. The molecule has 1 rings (SSSR count). The predicted octanol–water partition coefficient (Wildman–Crippen LogP) is 0.705. The number of likely N-dealkylation sites (N-methyl/N-ethyl adjacent to an activating group) is 1. The van der Waals surface area contributed by atoms with Crippen LogP contribution in [-0.2, 0) is 4.74 Å². The standard InChI is InChI=1S/C10H22N2O/c1-4-11-7-10-8-13-6-5-12(10)9(2)3/h9-11H,4-8H2,1-3H3. The van der Waals surface area contributed by atoms with Crippen LogP contribution in [0, 0.1) is 0 Å². The summed E-state index contributed by atoms with van der Waals surface area (Å²) in [5.41, 5.74) is 0. The van der Waals surface area contributed by atoms with Gasteiger partial charge in [0.1, 0.15) is 0 Å². The molecule has 0 aromatic rings. The second-order valence-corrected chi connectivity index (χ2v) is 3.87. The molecule has 1 N–H and O–H groups in total. The monoisotopic (exact) mass is 186 g/mol. The van der Waals surface area contributed by atoms with E-state index in [2.05, 4.69) is 31.0 Å². The van der Waals surface area contributed by atoms with Gasteiger partial charge in [0.25, 0.3) is 0 Å². The molecule has 0 aromatic carbocycles. The second-order valence-electron chi connectivity index (χ2n) is 3.87. The maximum absolute atomic E-state index is 5.48. The Kier molecular flexibility index (Phi) is 4.70. The summed E-state index contributed by atoms with van der Waals surface area (Å²) >= 11 is 0. The van der Waals surface area contributed by atoms with Crippen LogP contribution in [0.1, 0.15) is 20.8 Å². The number of nitrogens with one attached hydrogen (secondary N) is 1. The summed E-state index contributed by atoms with van der Waals surface area (Å²) in [6.07, 6.45) is 0. The van der Waals surface area contributed by atoms with E-state index in [1.165, 1.54) is 0 Å². The van der Waals surface area contributed by atoms with Crippen molar-refractivity contribution in [2.75, 3.05) is 32.8 Å². The molecule has 0 amide bonds. The number of nitrogens with zero attached hydrogens (tertiary/aromatic N) is 1. The highest BCUT2D eigenvalue weighted by atomic mass is 16.5. The smallest absolute Gasteiger partial charge is 0.0634 e. The summed E-state index contributed by atoms with van der Waals surface area (Å²) in [6.45, 7) is 11.6. The van der Waals surface area contributed by atoms with Crippen molar-refractivity contribution in [1.82, 2.24) is 10.2 Å². The average molecular weight is 186 g/mol. The van der Waals surface area contributed by atoms with E-state index in [0.29, 0.717) is 12.1 Å². The first-order chi connectivity index (χ1) is 6.25. The molecule has 13 heavy (non-hydrogen) atoms. The van der Waals surface area contributed by atoms with Crippen LogP contribution in [0.3, 0.4) is 0 Å².